The molecule has 5 nitrogen and oxygen atoms in total. The van der Waals surface area contributed by atoms with Gasteiger partial charge < -0.3 is 15.0 Å². The van der Waals surface area contributed by atoms with Crippen LogP contribution in [0.3, 0.4) is 0 Å². The van der Waals surface area contributed by atoms with Crippen molar-refractivity contribution in [2.24, 2.45) is 5.92 Å². The van der Waals surface area contributed by atoms with Gasteiger partial charge in [-0.05, 0) is 59.8 Å². The van der Waals surface area contributed by atoms with Crippen LogP contribution in [-0.4, -0.2) is 43.0 Å². The average molecular weight is 423 g/mol. The molecule has 1 heterocycles. The van der Waals surface area contributed by atoms with Crippen LogP contribution < -0.4 is 10.1 Å². The van der Waals surface area contributed by atoms with Gasteiger partial charge in [-0.1, -0.05) is 19.3 Å². The topological polar surface area (TPSA) is 58.6 Å². The van der Waals surface area contributed by atoms with E-state index in [9.17, 15) is 9.59 Å². The van der Waals surface area contributed by atoms with Gasteiger partial charge in [0.05, 0.1) is 12.7 Å². The fourth-order valence-electron chi connectivity index (χ4n) is 3.92. The highest BCUT2D eigenvalue weighted by Gasteiger charge is 2.29. The number of benzene rings is 1. The van der Waals surface area contributed by atoms with Crippen LogP contribution in [0.5, 0.6) is 5.75 Å². The summed E-state index contributed by atoms with van der Waals surface area (Å²) in [7, 11) is 1.59. The molecule has 0 spiro atoms. The molecule has 2 fully saturated rings. The van der Waals surface area contributed by atoms with Crippen LogP contribution in [0.4, 0.5) is 0 Å². The zero-order valence-electron chi connectivity index (χ0n) is 15.3. The molecule has 1 N–H and O–H groups in total. The predicted octanol–water partition coefficient (Wildman–Crippen LogP) is 3.76. The molecule has 1 aromatic rings. The number of carbonyl (C=O) groups is 2. The first-order valence-corrected chi connectivity index (χ1v) is 10.3. The Morgan fingerprint density at radius 2 is 1.81 bits per heavy atom. The van der Waals surface area contributed by atoms with Crippen molar-refractivity contribution >= 4 is 27.7 Å². The molecule has 0 atom stereocenters. The van der Waals surface area contributed by atoms with Gasteiger partial charge in [-0.3, -0.25) is 9.59 Å². The number of likely N-dealkylation sites (tertiary alicyclic amines) is 1. The second-order valence-corrected chi connectivity index (χ2v) is 8.11. The normalized spacial score (nSPS) is 19.2. The fraction of sp³-hybridized carbons (Fsp3) is 0.600. The number of nitrogens with zero attached hydrogens (tertiary/aromatic N) is 1. The Bertz CT molecular complexity index is 650. The van der Waals surface area contributed by atoms with Crippen LogP contribution in [0.25, 0.3) is 0 Å². The molecule has 0 aromatic heterocycles. The van der Waals surface area contributed by atoms with Gasteiger partial charge in [-0.2, -0.15) is 0 Å². The standard InChI is InChI=1S/C20H27BrN2O3/c1-26-16-7-8-18(21)17(13-16)19(24)22-15-9-11-23(12-10-15)20(25)14-5-3-2-4-6-14/h7-8,13-15H,2-6,9-12H2,1H3,(H,22,24). The minimum Gasteiger partial charge on any atom is -0.497 e. The van der Waals surface area contributed by atoms with Crippen LogP contribution in [0.15, 0.2) is 22.7 Å². The number of hydrogen-bond donors (Lipinski definition) is 1. The molecule has 3 rings (SSSR count). The SMILES string of the molecule is COc1ccc(Br)c(C(=O)NC2CCN(C(=O)C3CCCCC3)CC2)c1. The van der Waals surface area contributed by atoms with Gasteiger partial charge in [0.15, 0.2) is 0 Å². The van der Waals surface area contributed by atoms with Crippen LogP contribution >= 0.6 is 15.9 Å². The van der Waals surface area contributed by atoms with Crippen molar-refractivity contribution in [1.82, 2.24) is 10.2 Å². The lowest BCUT2D eigenvalue weighted by molar-refractivity contribution is -0.137. The molecule has 1 aliphatic carbocycles. The maximum Gasteiger partial charge on any atom is 0.252 e. The number of rotatable bonds is 4. The Morgan fingerprint density at radius 3 is 2.46 bits per heavy atom. The Balaban J connectivity index is 1.52. The van der Waals surface area contributed by atoms with E-state index >= 15 is 0 Å². The number of methoxy groups -OCH3 is 1. The van der Waals surface area contributed by atoms with Crippen molar-refractivity contribution in [1.29, 1.82) is 0 Å². The molecule has 2 amide bonds. The van der Waals surface area contributed by atoms with Gasteiger partial charge in [0, 0.05) is 29.5 Å². The molecule has 1 saturated heterocycles. The number of nitrogens with one attached hydrogen (secondary N) is 1. The van der Waals surface area contributed by atoms with Gasteiger partial charge in [0.1, 0.15) is 5.75 Å². The zero-order valence-corrected chi connectivity index (χ0v) is 16.9. The van der Waals surface area contributed by atoms with Gasteiger partial charge in [0.25, 0.3) is 5.91 Å². The summed E-state index contributed by atoms with van der Waals surface area (Å²) in [4.78, 5) is 27.2. The minimum absolute atomic E-state index is 0.104. The minimum atomic E-state index is -0.104. The number of piperidine rings is 1. The highest BCUT2D eigenvalue weighted by atomic mass is 79.9. The first kappa shape index (κ1) is 19.2. The predicted molar refractivity (Wildman–Crippen MR) is 104 cm³/mol. The van der Waals surface area contributed by atoms with E-state index in [1.54, 1.807) is 13.2 Å². The van der Waals surface area contributed by atoms with Crippen LogP contribution in [0.1, 0.15) is 55.3 Å². The lowest BCUT2D eigenvalue weighted by Gasteiger charge is -2.35. The molecule has 1 aliphatic heterocycles. The van der Waals surface area contributed by atoms with Crippen molar-refractivity contribution in [2.75, 3.05) is 20.2 Å². The third-order valence-corrected chi connectivity index (χ3v) is 6.21. The van der Waals surface area contributed by atoms with Gasteiger partial charge in [-0.25, -0.2) is 0 Å². The van der Waals surface area contributed by atoms with Crippen LogP contribution in [0.2, 0.25) is 0 Å². The molecule has 0 bridgehead atoms. The highest BCUT2D eigenvalue weighted by molar-refractivity contribution is 9.10. The summed E-state index contributed by atoms with van der Waals surface area (Å²) in [6.07, 6.45) is 7.32. The number of carbonyl (C=O) groups excluding carboxylic acids is 2. The number of ether oxygens (including phenoxy) is 1. The van der Waals surface area contributed by atoms with Crippen molar-refractivity contribution < 1.29 is 14.3 Å². The van der Waals surface area contributed by atoms with E-state index in [-0.39, 0.29) is 17.9 Å². The molecule has 1 aromatic carbocycles. The van der Waals surface area contributed by atoms with Crippen LogP contribution in [-0.2, 0) is 4.79 Å². The second kappa shape index (κ2) is 8.89. The van der Waals surface area contributed by atoms with E-state index in [0.29, 0.717) is 17.2 Å². The first-order chi connectivity index (χ1) is 12.6. The maximum absolute atomic E-state index is 12.6. The Labute approximate surface area is 163 Å². The Kier molecular flexibility index (Phi) is 6.57. The van der Waals surface area contributed by atoms with Gasteiger partial charge >= 0.3 is 0 Å². The van der Waals surface area contributed by atoms with E-state index < -0.39 is 0 Å². The molecular formula is C20H27BrN2O3. The van der Waals surface area contributed by atoms with E-state index in [1.807, 2.05) is 17.0 Å². The summed E-state index contributed by atoms with van der Waals surface area (Å²) in [5.41, 5.74) is 0.574. The Hall–Kier alpha value is -1.56. The lowest BCUT2D eigenvalue weighted by Crippen LogP contribution is -2.48. The van der Waals surface area contributed by atoms with E-state index in [4.69, 9.17) is 4.74 Å². The third-order valence-electron chi connectivity index (χ3n) is 5.51. The van der Waals surface area contributed by atoms with Gasteiger partial charge in [0.2, 0.25) is 5.91 Å². The third kappa shape index (κ3) is 4.58. The summed E-state index contributed by atoms with van der Waals surface area (Å²) in [6, 6.07) is 5.48. The molecule has 1 saturated carbocycles. The summed E-state index contributed by atoms with van der Waals surface area (Å²) in [6.45, 7) is 1.47. The molecule has 6 heteroatoms. The molecule has 0 radical (unpaired) electrons. The van der Waals surface area contributed by atoms with Crippen molar-refractivity contribution in [2.45, 2.75) is 51.0 Å². The monoisotopic (exact) mass is 422 g/mol. The van der Waals surface area contributed by atoms with Crippen molar-refractivity contribution in [3.63, 3.8) is 0 Å². The van der Waals surface area contributed by atoms with E-state index in [2.05, 4.69) is 21.2 Å². The summed E-state index contributed by atoms with van der Waals surface area (Å²) < 4.78 is 5.95. The number of halogens is 1. The van der Waals surface area contributed by atoms with Gasteiger partial charge in [-0.15, -0.1) is 0 Å². The molecule has 0 unspecified atom stereocenters. The van der Waals surface area contributed by atoms with Crippen molar-refractivity contribution in [3.8, 4) is 5.75 Å². The fourth-order valence-corrected chi connectivity index (χ4v) is 4.35. The number of hydrogen-bond acceptors (Lipinski definition) is 3. The zero-order chi connectivity index (χ0) is 18.5. The Morgan fingerprint density at radius 1 is 1.12 bits per heavy atom. The lowest BCUT2D eigenvalue weighted by atomic mass is 9.87. The molecule has 142 valence electrons. The molecular weight excluding hydrogens is 396 g/mol. The maximum atomic E-state index is 12.6. The molecule has 26 heavy (non-hydrogen) atoms. The largest absolute Gasteiger partial charge is 0.497 e. The first-order valence-electron chi connectivity index (χ1n) is 9.51. The van der Waals surface area contributed by atoms with E-state index in [1.165, 1.54) is 19.3 Å². The quantitative estimate of drug-likeness (QED) is 0.803. The molecule has 2 aliphatic rings. The smallest absolute Gasteiger partial charge is 0.252 e. The summed E-state index contributed by atoms with van der Waals surface area (Å²) in [5, 5.41) is 3.10. The summed E-state index contributed by atoms with van der Waals surface area (Å²) >= 11 is 3.43. The average Bonchev–Trinajstić information content (AvgIpc) is 2.69. The summed E-state index contributed by atoms with van der Waals surface area (Å²) in [5.74, 6) is 1.10. The van der Waals surface area contributed by atoms with Crippen molar-refractivity contribution in [3.05, 3.63) is 28.2 Å². The van der Waals surface area contributed by atoms with Crippen LogP contribution in [0, 0.1) is 5.92 Å². The highest BCUT2D eigenvalue weighted by Crippen LogP contribution is 2.27. The number of amides is 2. The van der Waals surface area contributed by atoms with E-state index in [0.717, 1.165) is 43.2 Å². The second-order valence-electron chi connectivity index (χ2n) is 7.25.